The molecule has 0 saturated heterocycles. The fraction of sp³-hybridized carbons (Fsp3) is 0.364. The lowest BCUT2D eigenvalue weighted by Crippen LogP contribution is -2.42. The van der Waals surface area contributed by atoms with E-state index in [-0.39, 0.29) is 30.7 Å². The van der Waals surface area contributed by atoms with Crippen molar-refractivity contribution in [1.29, 1.82) is 0 Å². The molecule has 2 aromatic rings. The van der Waals surface area contributed by atoms with Gasteiger partial charge in [0.1, 0.15) is 18.5 Å². The molecule has 1 N–H and O–H groups in total. The lowest BCUT2D eigenvalue weighted by Gasteiger charge is -2.19. The van der Waals surface area contributed by atoms with Crippen LogP contribution in [0.1, 0.15) is 37.8 Å². The van der Waals surface area contributed by atoms with E-state index in [4.69, 9.17) is 4.74 Å². The quantitative estimate of drug-likeness (QED) is 0.677. The van der Waals surface area contributed by atoms with Gasteiger partial charge in [-0.05, 0) is 42.0 Å². The summed E-state index contributed by atoms with van der Waals surface area (Å²) in [5.74, 6) is -0.786. The van der Waals surface area contributed by atoms with Gasteiger partial charge in [-0.2, -0.15) is 0 Å². The van der Waals surface area contributed by atoms with Crippen LogP contribution in [0.2, 0.25) is 0 Å². The van der Waals surface area contributed by atoms with Crippen LogP contribution in [-0.2, 0) is 27.4 Å². The van der Waals surface area contributed by atoms with Crippen molar-refractivity contribution in [3.63, 3.8) is 0 Å². The van der Waals surface area contributed by atoms with Crippen LogP contribution in [0.25, 0.3) is 0 Å². The van der Waals surface area contributed by atoms with Gasteiger partial charge in [-0.15, -0.1) is 0 Å². The largest absolute Gasteiger partial charge is 0.459 e. The van der Waals surface area contributed by atoms with Crippen molar-refractivity contribution < 1.29 is 18.7 Å². The zero-order valence-electron chi connectivity index (χ0n) is 15.8. The van der Waals surface area contributed by atoms with Gasteiger partial charge in [-0.1, -0.05) is 56.3 Å². The SMILES string of the molecule is CC(C)C[C@H](NC(=O)CCc1cccc(F)c1)C(=O)OCc1ccccc1. The number of amides is 1. The summed E-state index contributed by atoms with van der Waals surface area (Å²) in [5.41, 5.74) is 1.64. The van der Waals surface area contributed by atoms with E-state index in [9.17, 15) is 14.0 Å². The number of hydrogen-bond donors (Lipinski definition) is 1. The molecule has 1 atom stereocenters. The smallest absolute Gasteiger partial charge is 0.328 e. The molecule has 0 fully saturated rings. The molecular weight excluding hydrogens is 345 g/mol. The summed E-state index contributed by atoms with van der Waals surface area (Å²) < 4.78 is 18.6. The highest BCUT2D eigenvalue weighted by molar-refractivity contribution is 5.84. The molecule has 0 aliphatic rings. The number of esters is 1. The third-order valence-corrected chi connectivity index (χ3v) is 4.08. The zero-order valence-corrected chi connectivity index (χ0v) is 15.8. The first-order valence-corrected chi connectivity index (χ1v) is 9.18. The second-order valence-electron chi connectivity index (χ2n) is 6.97. The average Bonchev–Trinajstić information content (AvgIpc) is 2.64. The molecule has 0 aromatic heterocycles. The molecule has 0 unspecified atom stereocenters. The molecule has 2 aromatic carbocycles. The minimum atomic E-state index is -0.686. The summed E-state index contributed by atoms with van der Waals surface area (Å²) >= 11 is 0. The number of carbonyl (C=O) groups excluding carboxylic acids is 2. The number of ether oxygens (including phenoxy) is 1. The fourth-order valence-corrected chi connectivity index (χ4v) is 2.73. The molecule has 0 saturated carbocycles. The first kappa shape index (κ1) is 20.6. The van der Waals surface area contributed by atoms with E-state index < -0.39 is 12.0 Å². The van der Waals surface area contributed by atoms with Gasteiger partial charge in [0.2, 0.25) is 5.91 Å². The van der Waals surface area contributed by atoms with Gasteiger partial charge in [-0.25, -0.2) is 9.18 Å². The summed E-state index contributed by atoms with van der Waals surface area (Å²) in [6, 6.07) is 14.9. The monoisotopic (exact) mass is 371 g/mol. The molecule has 0 spiro atoms. The number of carbonyl (C=O) groups is 2. The lowest BCUT2D eigenvalue weighted by atomic mass is 10.0. The minimum Gasteiger partial charge on any atom is -0.459 e. The van der Waals surface area contributed by atoms with Crippen molar-refractivity contribution in [3.05, 3.63) is 71.5 Å². The second-order valence-corrected chi connectivity index (χ2v) is 6.97. The lowest BCUT2D eigenvalue weighted by molar-refractivity contribution is -0.149. The van der Waals surface area contributed by atoms with E-state index in [0.29, 0.717) is 12.8 Å². The van der Waals surface area contributed by atoms with Crippen LogP contribution in [0.4, 0.5) is 4.39 Å². The molecule has 1 amide bonds. The number of rotatable bonds is 9. The molecule has 144 valence electrons. The summed E-state index contributed by atoms with van der Waals surface area (Å²) in [6.45, 7) is 4.14. The highest BCUT2D eigenvalue weighted by Crippen LogP contribution is 2.10. The first-order valence-electron chi connectivity index (χ1n) is 9.18. The van der Waals surface area contributed by atoms with Crippen LogP contribution < -0.4 is 5.32 Å². The van der Waals surface area contributed by atoms with E-state index >= 15 is 0 Å². The average molecular weight is 371 g/mol. The van der Waals surface area contributed by atoms with E-state index in [2.05, 4.69) is 5.32 Å². The third kappa shape index (κ3) is 7.60. The van der Waals surface area contributed by atoms with Gasteiger partial charge in [0.25, 0.3) is 0 Å². The summed E-state index contributed by atoms with van der Waals surface area (Å²) in [5, 5.41) is 2.76. The Kier molecular flexibility index (Phi) is 7.99. The Hall–Kier alpha value is -2.69. The van der Waals surface area contributed by atoms with Crippen molar-refractivity contribution in [2.24, 2.45) is 5.92 Å². The van der Waals surface area contributed by atoms with Crippen molar-refractivity contribution in [3.8, 4) is 0 Å². The Labute approximate surface area is 159 Å². The molecule has 0 aliphatic heterocycles. The normalized spacial score (nSPS) is 11.9. The van der Waals surface area contributed by atoms with E-state index in [1.54, 1.807) is 12.1 Å². The predicted molar refractivity (Wildman–Crippen MR) is 102 cm³/mol. The Morgan fingerprint density at radius 2 is 1.74 bits per heavy atom. The van der Waals surface area contributed by atoms with Crippen LogP contribution in [0.5, 0.6) is 0 Å². The van der Waals surface area contributed by atoms with Crippen molar-refractivity contribution in [2.45, 2.75) is 45.8 Å². The van der Waals surface area contributed by atoms with Crippen LogP contribution in [0.3, 0.4) is 0 Å². The van der Waals surface area contributed by atoms with E-state index in [0.717, 1.165) is 11.1 Å². The van der Waals surface area contributed by atoms with E-state index in [1.807, 2.05) is 44.2 Å². The van der Waals surface area contributed by atoms with Gasteiger partial charge in [0.05, 0.1) is 0 Å². The van der Waals surface area contributed by atoms with Crippen molar-refractivity contribution >= 4 is 11.9 Å². The molecule has 27 heavy (non-hydrogen) atoms. The van der Waals surface area contributed by atoms with Gasteiger partial charge >= 0.3 is 5.97 Å². The molecule has 4 nitrogen and oxygen atoms in total. The minimum absolute atomic E-state index is 0.174. The summed E-state index contributed by atoms with van der Waals surface area (Å²) in [7, 11) is 0. The molecule has 2 rings (SSSR count). The Morgan fingerprint density at radius 3 is 2.41 bits per heavy atom. The summed E-state index contributed by atoms with van der Waals surface area (Å²) in [4.78, 5) is 24.7. The topological polar surface area (TPSA) is 55.4 Å². The van der Waals surface area contributed by atoms with Crippen LogP contribution in [-0.4, -0.2) is 17.9 Å². The Bertz CT molecular complexity index is 746. The maximum absolute atomic E-state index is 13.2. The fourth-order valence-electron chi connectivity index (χ4n) is 2.73. The van der Waals surface area contributed by atoms with Crippen molar-refractivity contribution in [2.75, 3.05) is 0 Å². The van der Waals surface area contributed by atoms with Gasteiger partial charge in [-0.3, -0.25) is 4.79 Å². The van der Waals surface area contributed by atoms with Crippen LogP contribution in [0.15, 0.2) is 54.6 Å². The van der Waals surface area contributed by atoms with Gasteiger partial charge < -0.3 is 10.1 Å². The number of nitrogens with one attached hydrogen (secondary N) is 1. The maximum Gasteiger partial charge on any atom is 0.328 e. The predicted octanol–water partition coefficient (Wildman–Crippen LogP) is 4.03. The second kappa shape index (κ2) is 10.5. The molecule has 0 bridgehead atoms. The third-order valence-electron chi connectivity index (χ3n) is 4.08. The number of aryl methyl sites for hydroxylation is 1. The number of benzene rings is 2. The Morgan fingerprint density at radius 1 is 1.04 bits per heavy atom. The van der Waals surface area contributed by atoms with Crippen molar-refractivity contribution in [1.82, 2.24) is 5.32 Å². The highest BCUT2D eigenvalue weighted by atomic mass is 19.1. The van der Waals surface area contributed by atoms with Crippen LogP contribution >= 0.6 is 0 Å². The van der Waals surface area contributed by atoms with E-state index in [1.165, 1.54) is 12.1 Å². The number of halogens is 1. The molecule has 0 radical (unpaired) electrons. The molecule has 0 heterocycles. The molecular formula is C22H26FNO3. The highest BCUT2D eigenvalue weighted by Gasteiger charge is 2.23. The Balaban J connectivity index is 1.88. The van der Waals surface area contributed by atoms with Crippen LogP contribution in [0, 0.1) is 11.7 Å². The first-order chi connectivity index (χ1) is 12.9. The molecule has 5 heteroatoms. The summed E-state index contributed by atoms with van der Waals surface area (Å²) in [6.07, 6.45) is 1.10. The van der Waals surface area contributed by atoms with Gasteiger partial charge in [0, 0.05) is 6.42 Å². The standard InChI is InChI=1S/C22H26FNO3/c1-16(2)13-20(22(26)27-15-18-7-4-3-5-8-18)24-21(25)12-11-17-9-6-10-19(23)14-17/h3-10,14,16,20H,11-13,15H2,1-2H3,(H,24,25)/t20-/m0/s1. The zero-order chi connectivity index (χ0) is 19.6. The van der Waals surface area contributed by atoms with Gasteiger partial charge in [0.15, 0.2) is 0 Å². The number of hydrogen-bond acceptors (Lipinski definition) is 3. The maximum atomic E-state index is 13.2. The molecule has 0 aliphatic carbocycles.